The Morgan fingerprint density at radius 3 is 2.40 bits per heavy atom. The monoisotopic (exact) mass is 267 g/mol. The van der Waals surface area contributed by atoms with Gasteiger partial charge in [-0.1, -0.05) is 42.5 Å². The molecule has 0 amide bonds. The molecule has 0 fully saturated rings. The molecule has 20 heavy (non-hydrogen) atoms. The summed E-state index contributed by atoms with van der Waals surface area (Å²) in [5.74, 6) is -0.363. The van der Waals surface area contributed by atoms with Gasteiger partial charge >= 0.3 is 5.97 Å². The summed E-state index contributed by atoms with van der Waals surface area (Å²) in [5.41, 5.74) is 8.17. The van der Waals surface area contributed by atoms with Gasteiger partial charge < -0.3 is 10.5 Å². The number of anilines is 1. The second kappa shape index (κ2) is 6.57. The summed E-state index contributed by atoms with van der Waals surface area (Å²) in [6.07, 6.45) is 2.87. The summed E-state index contributed by atoms with van der Waals surface area (Å²) in [6.45, 7) is 1.85. The maximum Gasteiger partial charge on any atom is 0.331 e. The minimum atomic E-state index is -0.363. The summed E-state index contributed by atoms with van der Waals surface area (Å²) < 4.78 is 5.33. The van der Waals surface area contributed by atoms with Crippen molar-refractivity contribution in [1.29, 1.82) is 0 Å². The highest BCUT2D eigenvalue weighted by Gasteiger charge is 2.08. The van der Waals surface area contributed by atoms with Crippen molar-refractivity contribution in [3.05, 3.63) is 71.8 Å². The molecule has 2 N–H and O–H groups in total. The molecule has 0 heterocycles. The van der Waals surface area contributed by atoms with Gasteiger partial charge in [-0.3, -0.25) is 0 Å². The lowest BCUT2D eigenvalue weighted by molar-refractivity contribution is -0.142. The lowest BCUT2D eigenvalue weighted by Gasteiger charge is -2.11. The fraction of sp³-hybridized carbons (Fsp3) is 0.118. The minimum absolute atomic E-state index is 0.264. The molecule has 0 aliphatic rings. The first-order valence-electron chi connectivity index (χ1n) is 6.44. The Balaban J connectivity index is 1.94. The average molecular weight is 267 g/mol. The minimum Gasteiger partial charge on any atom is -0.455 e. The van der Waals surface area contributed by atoms with Gasteiger partial charge in [-0.2, -0.15) is 0 Å². The smallest absolute Gasteiger partial charge is 0.331 e. The molecule has 0 aromatic heterocycles. The molecule has 3 nitrogen and oxygen atoms in total. The fourth-order valence-corrected chi connectivity index (χ4v) is 1.78. The van der Waals surface area contributed by atoms with Crippen molar-refractivity contribution < 1.29 is 9.53 Å². The van der Waals surface area contributed by atoms with Crippen LogP contribution in [0.2, 0.25) is 0 Å². The second-order valence-electron chi connectivity index (χ2n) is 4.49. The topological polar surface area (TPSA) is 52.3 Å². The number of nitrogens with two attached hydrogens (primary N) is 1. The molecule has 1 unspecified atom stereocenters. The van der Waals surface area contributed by atoms with Crippen LogP contribution < -0.4 is 5.73 Å². The van der Waals surface area contributed by atoms with Crippen LogP contribution >= 0.6 is 0 Å². The molecule has 0 aliphatic carbocycles. The largest absolute Gasteiger partial charge is 0.455 e. The van der Waals surface area contributed by atoms with Crippen LogP contribution in [0.1, 0.15) is 24.2 Å². The van der Waals surface area contributed by atoms with E-state index in [1.807, 2.05) is 49.4 Å². The Morgan fingerprint density at radius 2 is 1.75 bits per heavy atom. The molecule has 0 aliphatic heterocycles. The molecule has 3 heteroatoms. The van der Waals surface area contributed by atoms with Gasteiger partial charge in [0.05, 0.1) is 0 Å². The van der Waals surface area contributed by atoms with Gasteiger partial charge in [-0.15, -0.1) is 0 Å². The normalized spacial score (nSPS) is 12.2. The van der Waals surface area contributed by atoms with E-state index in [9.17, 15) is 4.79 Å². The van der Waals surface area contributed by atoms with Crippen molar-refractivity contribution in [2.45, 2.75) is 13.0 Å². The van der Waals surface area contributed by atoms with Crippen LogP contribution in [0.3, 0.4) is 0 Å². The first-order valence-corrected chi connectivity index (χ1v) is 6.44. The van der Waals surface area contributed by atoms with E-state index in [1.54, 1.807) is 18.2 Å². The van der Waals surface area contributed by atoms with E-state index in [4.69, 9.17) is 10.5 Å². The molecule has 2 rings (SSSR count). The number of hydrogen-bond acceptors (Lipinski definition) is 3. The molecule has 2 aromatic carbocycles. The predicted molar refractivity (Wildman–Crippen MR) is 80.8 cm³/mol. The Kier molecular flexibility index (Phi) is 4.56. The number of hydrogen-bond donors (Lipinski definition) is 1. The number of carbonyl (C=O) groups is 1. The predicted octanol–water partition coefficient (Wildman–Crippen LogP) is 3.59. The van der Waals surface area contributed by atoms with E-state index >= 15 is 0 Å². The van der Waals surface area contributed by atoms with Crippen molar-refractivity contribution in [1.82, 2.24) is 0 Å². The van der Waals surface area contributed by atoms with Crippen LogP contribution in [0.15, 0.2) is 60.7 Å². The zero-order chi connectivity index (χ0) is 14.4. The van der Waals surface area contributed by atoms with Crippen LogP contribution in [0, 0.1) is 0 Å². The van der Waals surface area contributed by atoms with E-state index in [0.717, 1.165) is 11.1 Å². The maximum atomic E-state index is 11.7. The van der Waals surface area contributed by atoms with Crippen LogP contribution in [0.4, 0.5) is 5.69 Å². The lowest BCUT2D eigenvalue weighted by Crippen LogP contribution is -2.05. The van der Waals surface area contributed by atoms with E-state index in [1.165, 1.54) is 6.08 Å². The average Bonchev–Trinajstić information content (AvgIpc) is 2.47. The Labute approximate surface area is 118 Å². The number of carbonyl (C=O) groups excluding carboxylic acids is 1. The van der Waals surface area contributed by atoms with Crippen LogP contribution in [-0.2, 0) is 9.53 Å². The second-order valence-corrected chi connectivity index (χ2v) is 4.49. The van der Waals surface area contributed by atoms with E-state index in [0.29, 0.717) is 5.69 Å². The first kappa shape index (κ1) is 13.9. The lowest BCUT2D eigenvalue weighted by atomic mass is 10.1. The highest BCUT2D eigenvalue weighted by atomic mass is 16.5. The third kappa shape index (κ3) is 3.99. The molecular formula is C17H17NO2. The zero-order valence-electron chi connectivity index (χ0n) is 11.3. The molecule has 0 spiro atoms. The molecule has 0 saturated carbocycles. The molecular weight excluding hydrogens is 250 g/mol. The number of nitrogen functional groups attached to an aromatic ring is 1. The third-order valence-electron chi connectivity index (χ3n) is 2.91. The summed E-state index contributed by atoms with van der Waals surface area (Å²) in [4.78, 5) is 11.7. The maximum absolute atomic E-state index is 11.7. The van der Waals surface area contributed by atoms with E-state index in [2.05, 4.69) is 0 Å². The summed E-state index contributed by atoms with van der Waals surface area (Å²) in [5, 5.41) is 0. The Hall–Kier alpha value is -2.55. The zero-order valence-corrected chi connectivity index (χ0v) is 11.3. The molecule has 102 valence electrons. The van der Waals surface area contributed by atoms with Gasteiger partial charge in [0.25, 0.3) is 0 Å². The van der Waals surface area contributed by atoms with Crippen LogP contribution in [0.25, 0.3) is 6.08 Å². The summed E-state index contributed by atoms with van der Waals surface area (Å²) in [7, 11) is 0. The van der Waals surface area contributed by atoms with Gasteiger partial charge in [-0.05, 0) is 36.3 Å². The van der Waals surface area contributed by atoms with Gasteiger partial charge in [0.15, 0.2) is 0 Å². The molecule has 0 radical (unpaired) electrons. The van der Waals surface area contributed by atoms with E-state index < -0.39 is 0 Å². The number of esters is 1. The molecule has 1 atom stereocenters. The van der Waals surface area contributed by atoms with Gasteiger partial charge in [-0.25, -0.2) is 4.79 Å². The molecule has 0 saturated heterocycles. The SMILES string of the molecule is CC(OC(=O)/C=C/c1ccc(N)cc1)c1ccccc1. The number of rotatable bonds is 4. The highest BCUT2D eigenvalue weighted by Crippen LogP contribution is 2.16. The van der Waals surface area contributed by atoms with Gasteiger partial charge in [0.2, 0.25) is 0 Å². The van der Waals surface area contributed by atoms with Crippen molar-refractivity contribution in [3.8, 4) is 0 Å². The summed E-state index contributed by atoms with van der Waals surface area (Å²) >= 11 is 0. The first-order chi connectivity index (χ1) is 9.65. The fourth-order valence-electron chi connectivity index (χ4n) is 1.78. The quantitative estimate of drug-likeness (QED) is 0.523. The highest BCUT2D eigenvalue weighted by molar-refractivity contribution is 5.87. The number of benzene rings is 2. The van der Waals surface area contributed by atoms with Gasteiger partial charge in [0, 0.05) is 11.8 Å². The number of ether oxygens (including phenoxy) is 1. The summed E-state index contributed by atoms with van der Waals surface area (Å²) in [6, 6.07) is 16.9. The van der Waals surface area contributed by atoms with Crippen molar-refractivity contribution >= 4 is 17.7 Å². The standard InChI is InChI=1S/C17H17NO2/c1-13(15-5-3-2-4-6-15)20-17(19)12-9-14-7-10-16(18)11-8-14/h2-13H,18H2,1H3/b12-9+. The van der Waals surface area contributed by atoms with Crippen LogP contribution in [0.5, 0.6) is 0 Å². The van der Waals surface area contributed by atoms with Crippen LogP contribution in [-0.4, -0.2) is 5.97 Å². The molecule has 2 aromatic rings. The van der Waals surface area contributed by atoms with Crippen molar-refractivity contribution in [3.63, 3.8) is 0 Å². The van der Waals surface area contributed by atoms with Gasteiger partial charge in [0.1, 0.15) is 6.10 Å². The Bertz CT molecular complexity index is 588. The molecule has 0 bridgehead atoms. The van der Waals surface area contributed by atoms with E-state index in [-0.39, 0.29) is 12.1 Å². The van der Waals surface area contributed by atoms with Crippen molar-refractivity contribution in [2.75, 3.05) is 5.73 Å². The van der Waals surface area contributed by atoms with Crippen molar-refractivity contribution in [2.24, 2.45) is 0 Å². The Morgan fingerprint density at radius 1 is 1.10 bits per heavy atom. The third-order valence-corrected chi connectivity index (χ3v) is 2.91.